The zero-order chi connectivity index (χ0) is 12.6. The number of piperidine rings is 1. The third-order valence-electron chi connectivity index (χ3n) is 2.08. The van der Waals surface area contributed by atoms with E-state index in [-0.39, 0.29) is 0 Å². The Balaban J connectivity index is 0.000000325. The molecule has 0 atom stereocenters. The lowest BCUT2D eigenvalue weighted by Crippen LogP contribution is -2.35. The number of rotatable bonds is 3. The van der Waals surface area contributed by atoms with Crippen molar-refractivity contribution in [2.45, 2.75) is 26.2 Å². The van der Waals surface area contributed by atoms with Gasteiger partial charge in [0.2, 0.25) is 0 Å². The van der Waals surface area contributed by atoms with Crippen molar-refractivity contribution in [2.24, 2.45) is 0 Å². The summed E-state index contributed by atoms with van der Waals surface area (Å²) in [6.07, 6.45) is 3.03. The van der Waals surface area contributed by atoms with Gasteiger partial charge in [-0.1, -0.05) is 6.92 Å². The molecule has 0 radical (unpaired) electrons. The summed E-state index contributed by atoms with van der Waals surface area (Å²) in [6.45, 7) is 5.07. The Morgan fingerprint density at radius 3 is 2.44 bits per heavy atom. The monoisotopic (exact) mass is 253 g/mol. The van der Waals surface area contributed by atoms with Crippen LogP contribution in [0.25, 0.3) is 0 Å². The molecule has 0 bridgehead atoms. The van der Waals surface area contributed by atoms with Gasteiger partial charge in [0.1, 0.15) is 5.78 Å². The molecule has 1 aliphatic rings. The first-order valence-corrected chi connectivity index (χ1v) is 6.52. The number of Topliss-reactive ketones (excluding diaryl/α,β-unsaturated/α-hetero) is 1. The fourth-order valence-corrected chi connectivity index (χ4v) is 1.41. The van der Waals surface area contributed by atoms with Crippen LogP contribution >= 0.6 is 0 Å². The molecule has 0 amide bonds. The largest absolute Gasteiger partial charge is 0.397 e. The maximum atomic E-state index is 10.9. The van der Waals surface area contributed by atoms with Crippen LogP contribution in [0.15, 0.2) is 0 Å². The zero-order valence-electron chi connectivity index (χ0n) is 9.68. The average molecular weight is 253 g/mol. The van der Waals surface area contributed by atoms with Gasteiger partial charge in [0.05, 0.1) is 13.7 Å². The number of ketones is 1. The fourth-order valence-electron chi connectivity index (χ4n) is 1.41. The predicted octanol–water partition coefficient (Wildman–Crippen LogP) is 0.497. The number of nitrogens with zero attached hydrogens (tertiary/aromatic N) is 1. The first-order valence-electron chi connectivity index (χ1n) is 5.16. The highest BCUT2D eigenvalue weighted by Crippen LogP contribution is 2.05. The van der Waals surface area contributed by atoms with E-state index in [0.29, 0.717) is 12.3 Å². The smallest absolute Gasteiger partial charge is 0.298 e. The fraction of sp³-hybridized carbons (Fsp3) is 0.889. The quantitative estimate of drug-likeness (QED) is 0.737. The molecule has 1 aliphatic heterocycles. The minimum Gasteiger partial charge on any atom is -0.298 e. The Labute approximate surface area is 96.5 Å². The Morgan fingerprint density at radius 1 is 1.50 bits per heavy atom. The van der Waals surface area contributed by atoms with Crippen LogP contribution in [0.3, 0.4) is 0 Å². The summed E-state index contributed by atoms with van der Waals surface area (Å²) in [7, 11) is -3.29. The second-order valence-electron chi connectivity index (χ2n) is 3.51. The van der Waals surface area contributed by atoms with E-state index in [9.17, 15) is 13.2 Å². The van der Waals surface area contributed by atoms with Crippen LogP contribution in [0, 0.1) is 0 Å². The zero-order valence-corrected chi connectivity index (χ0v) is 10.5. The van der Waals surface area contributed by atoms with Crippen LogP contribution < -0.4 is 0 Å². The summed E-state index contributed by atoms with van der Waals surface area (Å²) >= 11 is 0. The highest BCUT2D eigenvalue weighted by molar-refractivity contribution is 7.80. The molecule has 6 nitrogen and oxygen atoms in total. The molecule has 0 saturated carbocycles. The number of carbonyl (C=O) groups excluding carboxylic acids is 1. The first-order chi connectivity index (χ1) is 7.39. The topological polar surface area (TPSA) is 83.9 Å². The summed E-state index contributed by atoms with van der Waals surface area (Å²) in [5.41, 5.74) is 0. The van der Waals surface area contributed by atoms with Crippen molar-refractivity contribution >= 4 is 16.2 Å². The average Bonchev–Trinajstić information content (AvgIpc) is 2.18. The highest BCUT2D eigenvalue weighted by Gasteiger charge is 2.14. The van der Waals surface area contributed by atoms with Gasteiger partial charge in [-0.2, -0.15) is 8.42 Å². The number of carbonyl (C=O) groups is 1. The van der Waals surface area contributed by atoms with Crippen LogP contribution in [-0.4, -0.2) is 50.4 Å². The van der Waals surface area contributed by atoms with Crippen molar-refractivity contribution in [2.75, 3.05) is 26.7 Å². The first kappa shape index (κ1) is 15.5. The van der Waals surface area contributed by atoms with Crippen LogP contribution in [0.1, 0.15) is 26.2 Å². The second kappa shape index (κ2) is 7.72. The molecule has 0 spiro atoms. The van der Waals surface area contributed by atoms with E-state index in [2.05, 4.69) is 16.0 Å². The van der Waals surface area contributed by atoms with Gasteiger partial charge >= 0.3 is 10.4 Å². The van der Waals surface area contributed by atoms with Gasteiger partial charge in [0.15, 0.2) is 0 Å². The van der Waals surface area contributed by atoms with Gasteiger partial charge in [-0.3, -0.25) is 18.4 Å². The Kier molecular flexibility index (Phi) is 7.48. The Hall–Kier alpha value is -0.500. The minimum absolute atomic E-state index is 0.416. The predicted molar refractivity (Wildman–Crippen MR) is 59.5 cm³/mol. The summed E-state index contributed by atoms with van der Waals surface area (Å²) in [5.74, 6) is 0.416. The van der Waals surface area contributed by atoms with Crippen LogP contribution in [-0.2, 0) is 19.4 Å². The lowest BCUT2D eigenvalue weighted by molar-refractivity contribution is -0.122. The second-order valence-corrected chi connectivity index (χ2v) is 4.70. The molecule has 0 aliphatic carbocycles. The maximum Gasteiger partial charge on any atom is 0.397 e. The molecule has 1 N–H and O–H groups in total. The highest BCUT2D eigenvalue weighted by atomic mass is 32.3. The van der Waals surface area contributed by atoms with E-state index in [4.69, 9.17) is 4.55 Å². The van der Waals surface area contributed by atoms with Gasteiger partial charge in [-0.25, -0.2) is 0 Å². The normalized spacial score (nSPS) is 17.8. The lowest BCUT2D eigenvalue weighted by atomic mass is 10.1. The minimum atomic E-state index is -4.16. The van der Waals surface area contributed by atoms with Crippen LogP contribution in [0.2, 0.25) is 0 Å². The summed E-state index contributed by atoms with van der Waals surface area (Å²) in [5, 5.41) is 0. The molecular weight excluding hydrogens is 234 g/mol. The van der Waals surface area contributed by atoms with E-state index >= 15 is 0 Å². The molecule has 1 fully saturated rings. The Bertz CT molecular complexity index is 299. The number of hydrogen-bond acceptors (Lipinski definition) is 5. The van der Waals surface area contributed by atoms with Crippen molar-refractivity contribution < 1.29 is 21.9 Å². The van der Waals surface area contributed by atoms with Crippen molar-refractivity contribution in [3.63, 3.8) is 0 Å². The molecule has 16 heavy (non-hydrogen) atoms. The third-order valence-corrected chi connectivity index (χ3v) is 2.50. The van der Waals surface area contributed by atoms with Gasteiger partial charge in [-0.15, -0.1) is 0 Å². The van der Waals surface area contributed by atoms with E-state index < -0.39 is 10.4 Å². The Morgan fingerprint density at radius 2 is 2.06 bits per heavy atom. The summed E-state index contributed by atoms with van der Waals surface area (Å²) in [6, 6.07) is 0. The van der Waals surface area contributed by atoms with Crippen LogP contribution in [0.5, 0.6) is 0 Å². The van der Waals surface area contributed by atoms with Crippen LogP contribution in [0.4, 0.5) is 0 Å². The molecule has 1 saturated heterocycles. The van der Waals surface area contributed by atoms with Gasteiger partial charge in [0, 0.05) is 6.42 Å². The molecular formula is C9H19NO5S. The number of likely N-dealkylation sites (tertiary alicyclic amines) is 1. The van der Waals surface area contributed by atoms with Crippen molar-refractivity contribution in [1.29, 1.82) is 0 Å². The van der Waals surface area contributed by atoms with E-state index in [1.54, 1.807) is 0 Å². The van der Waals surface area contributed by atoms with Gasteiger partial charge in [0.25, 0.3) is 0 Å². The van der Waals surface area contributed by atoms with Gasteiger partial charge in [-0.05, 0) is 25.9 Å². The molecule has 0 unspecified atom stereocenters. The molecule has 7 heteroatoms. The summed E-state index contributed by atoms with van der Waals surface area (Å²) < 4.78 is 29.7. The van der Waals surface area contributed by atoms with E-state index in [1.165, 1.54) is 0 Å². The molecule has 1 rings (SSSR count). The lowest BCUT2D eigenvalue weighted by Gasteiger charge is -2.24. The summed E-state index contributed by atoms with van der Waals surface area (Å²) in [4.78, 5) is 13.1. The maximum absolute atomic E-state index is 10.9. The standard InChI is InChI=1S/C8H15NO.CH4O4S/c1-2-5-9-6-3-4-8(10)7-9;1-5-6(2,3)4/h2-7H2,1H3;1H3,(H,2,3,4). The molecule has 1 heterocycles. The van der Waals surface area contributed by atoms with Crippen molar-refractivity contribution in [3.05, 3.63) is 0 Å². The third kappa shape index (κ3) is 8.78. The van der Waals surface area contributed by atoms with Crippen molar-refractivity contribution in [3.8, 4) is 0 Å². The number of hydrogen-bond donors (Lipinski definition) is 1. The molecule has 0 aromatic rings. The van der Waals surface area contributed by atoms with Crippen molar-refractivity contribution in [1.82, 2.24) is 4.90 Å². The van der Waals surface area contributed by atoms with E-state index in [1.807, 2.05) is 0 Å². The SMILES string of the molecule is CCCN1CCCC(=O)C1.COS(=O)(=O)O. The molecule has 96 valence electrons. The van der Waals surface area contributed by atoms with Gasteiger partial charge < -0.3 is 0 Å². The van der Waals surface area contributed by atoms with E-state index in [0.717, 1.165) is 39.5 Å². The molecule has 0 aromatic carbocycles. The molecule has 0 aromatic heterocycles.